The molecule has 2 aromatic rings. The fraction of sp³-hybridized carbons (Fsp3) is 0.435. The van der Waals surface area contributed by atoms with Crippen molar-refractivity contribution >= 4 is 17.6 Å². The van der Waals surface area contributed by atoms with E-state index in [-0.39, 0.29) is 19.0 Å². The van der Waals surface area contributed by atoms with E-state index >= 15 is 0 Å². The van der Waals surface area contributed by atoms with Crippen LogP contribution in [-0.2, 0) is 5.41 Å². The third-order valence-corrected chi connectivity index (χ3v) is 5.48. The van der Waals surface area contributed by atoms with Gasteiger partial charge in [0.15, 0.2) is 0 Å². The normalized spacial score (nSPS) is 14.9. The number of benzene rings is 2. The van der Waals surface area contributed by atoms with Gasteiger partial charge in [0.05, 0.1) is 11.3 Å². The van der Waals surface area contributed by atoms with Crippen LogP contribution in [0.25, 0.3) is 0 Å². The molecule has 2 amide bonds. The molecule has 0 fully saturated rings. The number of carbonyl (C=O) groups excluding carboxylic acids is 1. The van der Waals surface area contributed by atoms with E-state index in [0.717, 1.165) is 24.1 Å². The number of urea groups is 1. The second-order valence-electron chi connectivity index (χ2n) is 8.32. The van der Waals surface area contributed by atoms with E-state index in [2.05, 4.69) is 17.2 Å². The van der Waals surface area contributed by atoms with Crippen LogP contribution >= 0.6 is 11.6 Å². The van der Waals surface area contributed by atoms with Gasteiger partial charge in [0.1, 0.15) is 13.1 Å². The summed E-state index contributed by atoms with van der Waals surface area (Å²) in [6.07, 6.45) is 0.726. The van der Waals surface area contributed by atoms with Gasteiger partial charge in [-0.2, -0.15) is 5.43 Å². The van der Waals surface area contributed by atoms with Crippen LogP contribution in [0.15, 0.2) is 60.7 Å². The maximum atomic E-state index is 13.7. The Hall–Kier alpha value is -2.12. The van der Waals surface area contributed by atoms with Gasteiger partial charge in [0, 0.05) is 6.54 Å². The highest BCUT2D eigenvalue weighted by molar-refractivity contribution is 6.17. The fourth-order valence-electron chi connectivity index (χ4n) is 4.39. The molecule has 164 valence electrons. The molecule has 0 saturated heterocycles. The lowest BCUT2D eigenvalue weighted by atomic mass is 9.68. The average Bonchev–Trinajstić information content (AvgIpc) is 2.67. The van der Waals surface area contributed by atoms with Gasteiger partial charge in [-0.25, -0.2) is 4.79 Å². The first-order valence-corrected chi connectivity index (χ1v) is 10.7. The summed E-state index contributed by atoms with van der Waals surface area (Å²) in [5.74, 6) is 0.398. The van der Waals surface area contributed by atoms with Crippen LogP contribution in [0.2, 0.25) is 0 Å². The van der Waals surface area contributed by atoms with E-state index in [1.54, 1.807) is 0 Å². The molecule has 0 heterocycles. The van der Waals surface area contributed by atoms with Crippen LogP contribution in [0.3, 0.4) is 0 Å². The molecule has 3 N–H and O–H groups in total. The minimum absolute atomic E-state index is 0.0218. The van der Waals surface area contributed by atoms with Crippen molar-refractivity contribution in [2.45, 2.75) is 18.8 Å². The number of alkyl halides is 1. The first-order chi connectivity index (χ1) is 14.2. The van der Waals surface area contributed by atoms with Crippen molar-refractivity contribution in [1.29, 1.82) is 0 Å². The number of quaternary nitrogens is 1. The van der Waals surface area contributed by atoms with Crippen molar-refractivity contribution in [3.05, 3.63) is 77.0 Å². The Balaban J connectivity index is 2.65. The third kappa shape index (κ3) is 6.44. The van der Waals surface area contributed by atoms with Crippen LogP contribution in [0.5, 0.6) is 0 Å². The Bertz CT molecular complexity index is 749. The number of hydroxylamine groups is 2. The molecule has 2 atom stereocenters. The standard InChI is InChI=1S/C23H33ClN4O2/c1-19(17-27(2)3)16-23(20-10-6-4-7-11-20,21-12-8-5-9-13-21)18-28(30,15-14-24)26-22(25)29/h4-13,19H,14-18H2,1-3H3,(H3,25,26,29). The molecule has 7 heteroatoms. The Morgan fingerprint density at radius 3 is 2.03 bits per heavy atom. The van der Waals surface area contributed by atoms with Crippen LogP contribution < -0.4 is 11.2 Å². The van der Waals surface area contributed by atoms with Gasteiger partial charge in [0.25, 0.3) is 0 Å². The average molecular weight is 433 g/mol. The van der Waals surface area contributed by atoms with Crippen LogP contribution in [0.1, 0.15) is 24.5 Å². The molecule has 0 radical (unpaired) electrons. The molecular weight excluding hydrogens is 400 g/mol. The molecule has 0 aliphatic rings. The summed E-state index contributed by atoms with van der Waals surface area (Å²) in [5, 5.41) is 13.7. The summed E-state index contributed by atoms with van der Waals surface area (Å²) < 4.78 is -0.989. The zero-order valence-electron chi connectivity index (χ0n) is 18.1. The monoisotopic (exact) mass is 432 g/mol. The summed E-state index contributed by atoms with van der Waals surface area (Å²) in [6.45, 7) is 3.17. The van der Waals surface area contributed by atoms with E-state index in [9.17, 15) is 10.0 Å². The molecule has 2 rings (SSSR count). The van der Waals surface area contributed by atoms with Crippen LogP contribution in [0.4, 0.5) is 4.79 Å². The lowest BCUT2D eigenvalue weighted by Crippen LogP contribution is -2.63. The van der Waals surface area contributed by atoms with Gasteiger partial charge in [-0.3, -0.25) is 4.76 Å². The number of hydrogen-bond donors (Lipinski definition) is 2. The van der Waals surface area contributed by atoms with Gasteiger partial charge < -0.3 is 15.8 Å². The number of rotatable bonds is 11. The van der Waals surface area contributed by atoms with Crippen molar-refractivity contribution < 1.29 is 9.55 Å². The highest BCUT2D eigenvalue weighted by atomic mass is 35.5. The number of nitrogens with two attached hydrogens (primary N) is 1. The van der Waals surface area contributed by atoms with Crippen molar-refractivity contribution in [3.8, 4) is 0 Å². The Labute approximate surface area is 184 Å². The number of amides is 2. The Morgan fingerprint density at radius 1 is 1.13 bits per heavy atom. The number of nitrogens with one attached hydrogen (secondary N) is 1. The number of hydrogen-bond acceptors (Lipinski definition) is 3. The summed E-state index contributed by atoms with van der Waals surface area (Å²) in [4.78, 5) is 13.8. The summed E-state index contributed by atoms with van der Waals surface area (Å²) >= 11 is 5.95. The molecule has 2 aromatic carbocycles. The SMILES string of the molecule is CC(CN(C)C)CC(C[N+]([O-])(CCCl)NC(N)=O)(c1ccccc1)c1ccccc1. The Kier molecular flexibility index (Phi) is 8.67. The predicted molar refractivity (Wildman–Crippen MR) is 123 cm³/mol. The number of halogens is 1. The molecule has 2 unspecified atom stereocenters. The molecule has 30 heavy (non-hydrogen) atoms. The summed E-state index contributed by atoms with van der Waals surface area (Å²) in [6, 6.07) is 19.2. The highest BCUT2D eigenvalue weighted by Crippen LogP contribution is 2.40. The van der Waals surface area contributed by atoms with Gasteiger partial charge in [-0.15, -0.1) is 11.6 Å². The van der Waals surface area contributed by atoms with Gasteiger partial charge in [-0.1, -0.05) is 67.6 Å². The molecule has 0 bridgehead atoms. The van der Waals surface area contributed by atoms with Gasteiger partial charge >= 0.3 is 6.03 Å². The minimum atomic E-state index is -0.989. The van der Waals surface area contributed by atoms with Gasteiger partial charge in [0.2, 0.25) is 0 Å². The zero-order chi connectivity index (χ0) is 22.2. The van der Waals surface area contributed by atoms with E-state index in [4.69, 9.17) is 17.3 Å². The Morgan fingerprint density at radius 2 is 1.63 bits per heavy atom. The fourth-order valence-corrected chi connectivity index (χ4v) is 4.67. The second-order valence-corrected chi connectivity index (χ2v) is 8.70. The van der Waals surface area contributed by atoms with E-state index in [0.29, 0.717) is 5.92 Å². The topological polar surface area (TPSA) is 81.4 Å². The van der Waals surface area contributed by atoms with Gasteiger partial charge in [-0.05, 0) is 37.6 Å². The lowest BCUT2D eigenvalue weighted by Gasteiger charge is -2.48. The van der Waals surface area contributed by atoms with Crippen molar-refractivity contribution in [1.82, 2.24) is 10.3 Å². The largest absolute Gasteiger partial charge is 0.606 e. The number of primary amides is 1. The predicted octanol–water partition coefficient (Wildman–Crippen LogP) is 3.70. The van der Waals surface area contributed by atoms with E-state index in [1.807, 2.05) is 74.8 Å². The molecule has 0 aliphatic heterocycles. The third-order valence-electron chi connectivity index (χ3n) is 5.31. The van der Waals surface area contributed by atoms with Crippen molar-refractivity contribution in [2.75, 3.05) is 39.6 Å². The highest BCUT2D eigenvalue weighted by Gasteiger charge is 2.42. The molecular formula is C23H33ClN4O2. The molecule has 0 saturated carbocycles. The second kappa shape index (κ2) is 10.8. The van der Waals surface area contributed by atoms with Crippen molar-refractivity contribution in [2.24, 2.45) is 11.7 Å². The lowest BCUT2D eigenvalue weighted by molar-refractivity contribution is -0.916. The maximum Gasteiger partial charge on any atom is 0.356 e. The molecule has 0 aliphatic carbocycles. The number of nitrogens with zero attached hydrogens (tertiary/aromatic N) is 2. The zero-order valence-corrected chi connectivity index (χ0v) is 18.8. The summed E-state index contributed by atoms with van der Waals surface area (Å²) in [7, 11) is 4.08. The first-order valence-electron chi connectivity index (χ1n) is 10.2. The molecule has 0 aromatic heterocycles. The number of carbonyl (C=O) groups is 1. The van der Waals surface area contributed by atoms with E-state index < -0.39 is 16.2 Å². The summed E-state index contributed by atoms with van der Waals surface area (Å²) in [5.41, 5.74) is 9.18. The van der Waals surface area contributed by atoms with Crippen molar-refractivity contribution in [3.63, 3.8) is 0 Å². The van der Waals surface area contributed by atoms with Crippen LogP contribution in [-0.4, -0.2) is 55.3 Å². The quantitative estimate of drug-likeness (QED) is 0.322. The minimum Gasteiger partial charge on any atom is -0.606 e. The maximum absolute atomic E-state index is 13.7. The van der Waals surface area contributed by atoms with Crippen LogP contribution in [0, 0.1) is 11.1 Å². The smallest absolute Gasteiger partial charge is 0.356 e. The molecule has 6 nitrogen and oxygen atoms in total. The van der Waals surface area contributed by atoms with E-state index in [1.165, 1.54) is 0 Å². The first kappa shape index (κ1) is 24.2. The molecule has 0 spiro atoms.